The minimum atomic E-state index is -1.24. The van der Waals surface area contributed by atoms with E-state index in [2.05, 4.69) is 5.32 Å². The van der Waals surface area contributed by atoms with Gasteiger partial charge in [-0.2, -0.15) is 0 Å². The third-order valence-electron chi connectivity index (χ3n) is 4.29. The molecule has 0 bridgehead atoms. The quantitative estimate of drug-likeness (QED) is 0.581. The Balaban J connectivity index is 1.85. The molecule has 1 aliphatic heterocycles. The van der Waals surface area contributed by atoms with Gasteiger partial charge in [0.25, 0.3) is 11.6 Å². The molecule has 150 valence electrons. The smallest absolute Gasteiger partial charge is 0.335 e. The van der Waals surface area contributed by atoms with Crippen molar-refractivity contribution in [2.24, 2.45) is 0 Å². The molecule has 0 atom stereocenters. The summed E-state index contributed by atoms with van der Waals surface area (Å²) < 4.78 is 5.65. The second-order valence-electron chi connectivity index (χ2n) is 6.84. The van der Waals surface area contributed by atoms with Gasteiger partial charge in [0.2, 0.25) is 5.91 Å². The van der Waals surface area contributed by atoms with Gasteiger partial charge in [-0.3, -0.25) is 24.6 Å². The highest BCUT2D eigenvalue weighted by Gasteiger charge is 2.41. The minimum Gasteiger partial charge on any atom is -0.478 e. The van der Waals surface area contributed by atoms with Crippen molar-refractivity contribution < 1.29 is 29.2 Å². The van der Waals surface area contributed by atoms with Gasteiger partial charge in [-0.1, -0.05) is 0 Å². The van der Waals surface area contributed by atoms with Crippen LogP contribution in [0.3, 0.4) is 0 Å². The van der Waals surface area contributed by atoms with Crippen molar-refractivity contribution in [2.45, 2.75) is 19.4 Å². The molecule has 2 N–H and O–H groups in total. The van der Waals surface area contributed by atoms with Gasteiger partial charge in [-0.25, -0.2) is 4.79 Å². The van der Waals surface area contributed by atoms with E-state index in [1.165, 1.54) is 42.5 Å². The van der Waals surface area contributed by atoms with Gasteiger partial charge in [0.05, 0.1) is 16.2 Å². The summed E-state index contributed by atoms with van der Waals surface area (Å²) in [5.41, 5.74) is -0.928. The Morgan fingerprint density at radius 3 is 2.45 bits per heavy atom. The highest BCUT2D eigenvalue weighted by molar-refractivity contribution is 6.08. The van der Waals surface area contributed by atoms with E-state index >= 15 is 0 Å². The summed E-state index contributed by atoms with van der Waals surface area (Å²) in [6.45, 7) is 2.70. The van der Waals surface area contributed by atoms with Gasteiger partial charge < -0.3 is 15.2 Å². The summed E-state index contributed by atoms with van der Waals surface area (Å²) in [6.07, 6.45) is 0. The standard InChI is InChI=1S/C19H17N3O7/c1-19(2)18(26)21(14-9-11(17(24)25)3-8-15(14)29-19)10-16(23)20-12-4-6-13(7-5-12)22(27)28/h3-9H,10H2,1-2H3,(H,20,23)(H,24,25). The molecule has 1 aliphatic rings. The van der Waals surface area contributed by atoms with Crippen LogP contribution in [0.1, 0.15) is 24.2 Å². The third kappa shape index (κ3) is 4.00. The number of nitrogens with zero attached hydrogens (tertiary/aromatic N) is 2. The Morgan fingerprint density at radius 1 is 1.21 bits per heavy atom. The average molecular weight is 399 g/mol. The molecule has 10 heteroatoms. The third-order valence-corrected chi connectivity index (χ3v) is 4.29. The summed E-state index contributed by atoms with van der Waals surface area (Å²) >= 11 is 0. The van der Waals surface area contributed by atoms with Crippen LogP contribution in [-0.2, 0) is 9.59 Å². The fraction of sp³-hybridized carbons (Fsp3) is 0.211. The maximum Gasteiger partial charge on any atom is 0.335 e. The lowest BCUT2D eigenvalue weighted by atomic mass is 10.0. The normalized spacial score (nSPS) is 14.6. The molecule has 0 saturated heterocycles. The number of hydrogen-bond acceptors (Lipinski definition) is 6. The zero-order valence-electron chi connectivity index (χ0n) is 15.5. The van der Waals surface area contributed by atoms with Crippen LogP contribution in [0.4, 0.5) is 17.1 Å². The second kappa shape index (κ2) is 7.23. The number of non-ortho nitro benzene ring substituents is 1. The van der Waals surface area contributed by atoms with Crippen molar-refractivity contribution >= 4 is 34.8 Å². The number of rotatable bonds is 5. The van der Waals surface area contributed by atoms with Gasteiger partial charge >= 0.3 is 5.97 Å². The number of carboxylic acid groups (broad SMARTS) is 1. The van der Waals surface area contributed by atoms with Gasteiger partial charge in [-0.05, 0) is 44.2 Å². The molecule has 10 nitrogen and oxygen atoms in total. The number of nitro groups is 1. The Labute approximate surface area is 164 Å². The number of nitrogens with one attached hydrogen (secondary N) is 1. The van der Waals surface area contributed by atoms with Crippen LogP contribution in [0, 0.1) is 10.1 Å². The van der Waals surface area contributed by atoms with Crippen LogP contribution in [0.15, 0.2) is 42.5 Å². The molecule has 0 aromatic heterocycles. The summed E-state index contributed by atoms with van der Waals surface area (Å²) in [5, 5.41) is 22.5. The number of amides is 2. The first-order valence-electron chi connectivity index (χ1n) is 8.51. The summed E-state index contributed by atoms with van der Waals surface area (Å²) in [7, 11) is 0. The fourth-order valence-corrected chi connectivity index (χ4v) is 2.87. The van der Waals surface area contributed by atoms with E-state index in [9.17, 15) is 29.6 Å². The first kappa shape index (κ1) is 19.8. The summed E-state index contributed by atoms with van der Waals surface area (Å²) in [4.78, 5) is 47.9. The molecule has 2 aromatic carbocycles. The number of carboxylic acids is 1. The molecule has 0 unspecified atom stereocenters. The monoisotopic (exact) mass is 399 g/mol. The number of aromatic carboxylic acids is 1. The van der Waals surface area contributed by atoms with Crippen LogP contribution in [0.2, 0.25) is 0 Å². The fourth-order valence-electron chi connectivity index (χ4n) is 2.87. The molecule has 3 rings (SSSR count). The van der Waals surface area contributed by atoms with Gasteiger partial charge in [0, 0.05) is 17.8 Å². The van der Waals surface area contributed by atoms with Crippen LogP contribution >= 0.6 is 0 Å². The van der Waals surface area contributed by atoms with Gasteiger partial charge in [0.1, 0.15) is 12.3 Å². The van der Waals surface area contributed by atoms with Crippen molar-refractivity contribution in [2.75, 3.05) is 16.8 Å². The van der Waals surface area contributed by atoms with Gasteiger partial charge in [-0.15, -0.1) is 0 Å². The highest BCUT2D eigenvalue weighted by Crippen LogP contribution is 2.38. The molecule has 29 heavy (non-hydrogen) atoms. The van der Waals surface area contributed by atoms with E-state index in [4.69, 9.17) is 4.74 Å². The summed E-state index contributed by atoms with van der Waals surface area (Å²) in [6, 6.07) is 9.29. The van der Waals surface area contributed by atoms with Crippen LogP contribution in [-0.4, -0.2) is 40.0 Å². The van der Waals surface area contributed by atoms with Crippen molar-refractivity contribution in [3.63, 3.8) is 0 Å². The number of ether oxygens (including phenoxy) is 1. The molecule has 2 amide bonds. The molecule has 0 radical (unpaired) electrons. The van der Waals surface area contributed by atoms with Crippen molar-refractivity contribution in [1.29, 1.82) is 0 Å². The maximum atomic E-state index is 12.8. The number of benzene rings is 2. The average Bonchev–Trinajstić information content (AvgIpc) is 2.65. The predicted octanol–water partition coefficient (Wildman–Crippen LogP) is 2.44. The minimum absolute atomic E-state index is 0.0550. The molecular weight excluding hydrogens is 382 g/mol. The number of hydrogen-bond donors (Lipinski definition) is 2. The lowest BCUT2D eigenvalue weighted by Crippen LogP contribution is -2.54. The SMILES string of the molecule is CC1(C)Oc2ccc(C(=O)O)cc2N(CC(=O)Nc2ccc([N+](=O)[O-])cc2)C1=O. The Bertz CT molecular complexity index is 1010. The topological polar surface area (TPSA) is 139 Å². The van der Waals surface area contributed by atoms with Crippen LogP contribution < -0.4 is 15.0 Å². The van der Waals surface area contributed by atoms with E-state index < -0.39 is 34.9 Å². The van der Waals surface area contributed by atoms with Crippen molar-refractivity contribution in [1.82, 2.24) is 0 Å². The second-order valence-corrected chi connectivity index (χ2v) is 6.84. The molecule has 0 fully saturated rings. The number of carbonyl (C=O) groups excluding carboxylic acids is 2. The zero-order valence-corrected chi connectivity index (χ0v) is 15.5. The largest absolute Gasteiger partial charge is 0.478 e. The summed E-state index contributed by atoms with van der Waals surface area (Å²) in [5.74, 6) is -1.97. The number of nitro benzene ring substituents is 1. The van der Waals surface area contributed by atoms with Crippen LogP contribution in [0.5, 0.6) is 5.75 Å². The molecule has 0 saturated carbocycles. The van der Waals surface area contributed by atoms with Crippen molar-refractivity contribution in [3.8, 4) is 5.75 Å². The molecule has 0 spiro atoms. The van der Waals surface area contributed by atoms with E-state index in [0.29, 0.717) is 5.69 Å². The van der Waals surface area contributed by atoms with E-state index in [1.54, 1.807) is 13.8 Å². The van der Waals surface area contributed by atoms with E-state index in [1.807, 2.05) is 0 Å². The molecular formula is C19H17N3O7. The lowest BCUT2D eigenvalue weighted by Gasteiger charge is -2.38. The van der Waals surface area contributed by atoms with E-state index in [0.717, 1.165) is 4.90 Å². The van der Waals surface area contributed by atoms with Crippen molar-refractivity contribution in [3.05, 3.63) is 58.1 Å². The molecule has 1 heterocycles. The maximum absolute atomic E-state index is 12.8. The molecule has 0 aliphatic carbocycles. The Morgan fingerprint density at radius 2 is 1.86 bits per heavy atom. The first-order chi connectivity index (χ1) is 13.6. The number of carbonyl (C=O) groups is 3. The van der Waals surface area contributed by atoms with Gasteiger partial charge in [0.15, 0.2) is 5.60 Å². The predicted molar refractivity (Wildman–Crippen MR) is 102 cm³/mol. The Kier molecular flexibility index (Phi) is 4.93. The first-order valence-corrected chi connectivity index (χ1v) is 8.51. The van der Waals surface area contributed by atoms with Crippen LogP contribution in [0.25, 0.3) is 0 Å². The Hall–Kier alpha value is -3.95. The number of fused-ring (bicyclic) bond motifs is 1. The number of anilines is 2. The zero-order chi connectivity index (χ0) is 21.3. The van der Waals surface area contributed by atoms with E-state index in [-0.39, 0.29) is 22.7 Å². The highest BCUT2D eigenvalue weighted by atomic mass is 16.6. The molecule has 2 aromatic rings. The lowest BCUT2D eigenvalue weighted by molar-refractivity contribution is -0.384.